The molecule has 0 bridgehead atoms. The maximum absolute atomic E-state index is 11.7. The summed E-state index contributed by atoms with van der Waals surface area (Å²) in [6.45, 7) is 1.29. The summed E-state index contributed by atoms with van der Waals surface area (Å²) in [4.78, 5) is 26.4. The Morgan fingerprint density at radius 2 is 2.19 bits per heavy atom. The van der Waals surface area contributed by atoms with E-state index in [1.807, 2.05) is 10.8 Å². The van der Waals surface area contributed by atoms with E-state index in [2.05, 4.69) is 15.6 Å². The van der Waals surface area contributed by atoms with Gasteiger partial charge >= 0.3 is 12.0 Å². The van der Waals surface area contributed by atoms with Gasteiger partial charge < -0.3 is 20.3 Å². The van der Waals surface area contributed by atoms with Crippen LogP contribution in [0.1, 0.15) is 16.8 Å². The molecule has 1 aromatic carbocycles. The van der Waals surface area contributed by atoms with Gasteiger partial charge in [0.05, 0.1) is 11.9 Å². The number of imidazole rings is 1. The molecule has 7 nitrogen and oxygen atoms in total. The lowest BCUT2D eigenvalue weighted by atomic mass is 10.2. The van der Waals surface area contributed by atoms with Gasteiger partial charge in [-0.25, -0.2) is 14.6 Å². The normalized spacial score (nSPS) is 10.1. The Balaban J connectivity index is 1.74. The topological polar surface area (TPSA) is 96.3 Å². The minimum absolute atomic E-state index is 0.132. The first-order chi connectivity index (χ1) is 10.1. The lowest BCUT2D eigenvalue weighted by Crippen LogP contribution is -2.30. The molecule has 0 aliphatic carbocycles. The van der Waals surface area contributed by atoms with Crippen LogP contribution in [0.4, 0.5) is 10.5 Å². The molecule has 3 N–H and O–H groups in total. The van der Waals surface area contributed by atoms with Gasteiger partial charge in [0.15, 0.2) is 0 Å². The van der Waals surface area contributed by atoms with Crippen molar-refractivity contribution in [2.45, 2.75) is 13.0 Å². The molecule has 1 aromatic heterocycles. The smallest absolute Gasteiger partial charge is 0.335 e. The molecule has 21 heavy (non-hydrogen) atoms. The summed E-state index contributed by atoms with van der Waals surface area (Å²) in [6.07, 6.45) is 6.06. The quantitative estimate of drug-likeness (QED) is 0.706. The summed E-state index contributed by atoms with van der Waals surface area (Å²) in [5, 5.41) is 14.2. The van der Waals surface area contributed by atoms with Gasteiger partial charge in [-0.05, 0) is 24.6 Å². The van der Waals surface area contributed by atoms with Gasteiger partial charge in [-0.1, -0.05) is 6.07 Å². The van der Waals surface area contributed by atoms with Crippen molar-refractivity contribution in [1.29, 1.82) is 0 Å². The molecule has 0 saturated carbocycles. The van der Waals surface area contributed by atoms with E-state index < -0.39 is 5.97 Å². The van der Waals surface area contributed by atoms with Crippen molar-refractivity contribution in [3.63, 3.8) is 0 Å². The van der Waals surface area contributed by atoms with Crippen LogP contribution in [0.3, 0.4) is 0 Å². The number of aromatic nitrogens is 2. The number of carbonyl (C=O) groups excluding carboxylic acids is 1. The van der Waals surface area contributed by atoms with Gasteiger partial charge in [0, 0.05) is 31.2 Å². The van der Waals surface area contributed by atoms with E-state index in [0.717, 1.165) is 13.0 Å². The molecule has 0 aliphatic rings. The highest BCUT2D eigenvalue weighted by Gasteiger charge is 2.05. The van der Waals surface area contributed by atoms with Gasteiger partial charge in [0.2, 0.25) is 0 Å². The second kappa shape index (κ2) is 7.09. The number of anilines is 1. The number of rotatable bonds is 6. The van der Waals surface area contributed by atoms with Crippen molar-refractivity contribution in [3.8, 4) is 0 Å². The number of carbonyl (C=O) groups is 2. The Hall–Kier alpha value is -2.83. The molecule has 2 aromatic rings. The fourth-order valence-electron chi connectivity index (χ4n) is 1.79. The summed E-state index contributed by atoms with van der Waals surface area (Å²) in [5.74, 6) is -1.03. The van der Waals surface area contributed by atoms with E-state index in [1.165, 1.54) is 12.1 Å². The largest absolute Gasteiger partial charge is 0.478 e. The number of aryl methyl sites for hydroxylation is 1. The molecule has 0 aliphatic heterocycles. The van der Waals surface area contributed by atoms with E-state index in [1.54, 1.807) is 24.7 Å². The van der Waals surface area contributed by atoms with Gasteiger partial charge in [-0.15, -0.1) is 0 Å². The van der Waals surface area contributed by atoms with E-state index in [-0.39, 0.29) is 11.6 Å². The van der Waals surface area contributed by atoms with Gasteiger partial charge in [-0.3, -0.25) is 0 Å². The van der Waals surface area contributed by atoms with Crippen molar-refractivity contribution in [2.75, 3.05) is 11.9 Å². The van der Waals surface area contributed by atoms with Crippen molar-refractivity contribution in [3.05, 3.63) is 48.5 Å². The van der Waals surface area contributed by atoms with E-state index in [0.29, 0.717) is 12.2 Å². The van der Waals surface area contributed by atoms with Crippen LogP contribution in [0.5, 0.6) is 0 Å². The SMILES string of the molecule is O=C(NCCCn1ccnc1)Nc1cccc(C(=O)O)c1. The lowest BCUT2D eigenvalue weighted by molar-refractivity contribution is 0.0697. The summed E-state index contributed by atoms with van der Waals surface area (Å²) >= 11 is 0. The third-order valence-electron chi connectivity index (χ3n) is 2.81. The number of carboxylic acid groups (broad SMARTS) is 1. The van der Waals surface area contributed by atoms with Crippen LogP contribution in [0.25, 0.3) is 0 Å². The fraction of sp³-hybridized carbons (Fsp3) is 0.214. The molecule has 0 atom stereocenters. The molecule has 0 spiro atoms. The maximum Gasteiger partial charge on any atom is 0.335 e. The predicted octanol–water partition coefficient (Wildman–Crippen LogP) is 1.79. The monoisotopic (exact) mass is 288 g/mol. The lowest BCUT2D eigenvalue weighted by Gasteiger charge is -2.08. The highest BCUT2D eigenvalue weighted by Crippen LogP contribution is 2.10. The molecule has 0 unspecified atom stereocenters. The predicted molar refractivity (Wildman–Crippen MR) is 77.3 cm³/mol. The highest BCUT2D eigenvalue weighted by molar-refractivity contribution is 5.93. The van der Waals surface area contributed by atoms with Crippen LogP contribution in [0.2, 0.25) is 0 Å². The first-order valence-electron chi connectivity index (χ1n) is 6.49. The van der Waals surface area contributed by atoms with Gasteiger partial charge in [0.1, 0.15) is 0 Å². The number of aromatic carboxylic acids is 1. The maximum atomic E-state index is 11.7. The molecular formula is C14H16N4O3. The van der Waals surface area contributed by atoms with Crippen LogP contribution in [-0.4, -0.2) is 33.2 Å². The Morgan fingerprint density at radius 3 is 2.90 bits per heavy atom. The molecule has 0 radical (unpaired) electrons. The van der Waals surface area contributed by atoms with Crippen molar-refractivity contribution in [2.24, 2.45) is 0 Å². The van der Waals surface area contributed by atoms with Crippen LogP contribution in [0.15, 0.2) is 43.0 Å². The third-order valence-corrected chi connectivity index (χ3v) is 2.81. The first-order valence-corrected chi connectivity index (χ1v) is 6.49. The number of urea groups is 1. The average Bonchev–Trinajstić information content (AvgIpc) is 2.97. The van der Waals surface area contributed by atoms with E-state index >= 15 is 0 Å². The minimum Gasteiger partial charge on any atom is -0.478 e. The number of amides is 2. The van der Waals surface area contributed by atoms with E-state index in [9.17, 15) is 9.59 Å². The number of benzene rings is 1. The second-order valence-corrected chi connectivity index (χ2v) is 4.42. The number of hydrogen-bond donors (Lipinski definition) is 3. The molecule has 0 fully saturated rings. The Labute approximate surface area is 121 Å². The molecule has 7 heteroatoms. The third kappa shape index (κ3) is 4.64. The Bertz CT molecular complexity index is 610. The highest BCUT2D eigenvalue weighted by atomic mass is 16.4. The summed E-state index contributed by atoms with van der Waals surface area (Å²) in [5.41, 5.74) is 0.579. The van der Waals surface area contributed by atoms with Gasteiger partial charge in [0.25, 0.3) is 0 Å². The van der Waals surface area contributed by atoms with Crippen LogP contribution < -0.4 is 10.6 Å². The number of carboxylic acids is 1. The summed E-state index contributed by atoms with van der Waals surface area (Å²) in [6, 6.07) is 5.74. The van der Waals surface area contributed by atoms with Crippen LogP contribution >= 0.6 is 0 Å². The van der Waals surface area contributed by atoms with Crippen molar-refractivity contribution < 1.29 is 14.7 Å². The Kier molecular flexibility index (Phi) is 4.92. The van der Waals surface area contributed by atoms with E-state index in [4.69, 9.17) is 5.11 Å². The zero-order valence-electron chi connectivity index (χ0n) is 11.3. The number of nitrogens with zero attached hydrogens (tertiary/aromatic N) is 2. The second-order valence-electron chi connectivity index (χ2n) is 4.42. The zero-order valence-corrected chi connectivity index (χ0v) is 11.3. The number of hydrogen-bond acceptors (Lipinski definition) is 3. The Morgan fingerprint density at radius 1 is 1.33 bits per heavy atom. The van der Waals surface area contributed by atoms with Crippen molar-refractivity contribution in [1.82, 2.24) is 14.9 Å². The zero-order chi connectivity index (χ0) is 15.1. The van der Waals surface area contributed by atoms with Gasteiger partial charge in [-0.2, -0.15) is 0 Å². The van der Waals surface area contributed by atoms with Crippen LogP contribution in [-0.2, 0) is 6.54 Å². The number of nitrogens with one attached hydrogen (secondary N) is 2. The molecular weight excluding hydrogens is 272 g/mol. The average molecular weight is 288 g/mol. The molecule has 2 amide bonds. The standard InChI is InChI=1S/C14H16N4O3/c19-13(20)11-3-1-4-12(9-11)17-14(21)16-5-2-7-18-8-6-15-10-18/h1,3-4,6,8-10H,2,5,7H2,(H,19,20)(H2,16,17,21). The molecule has 1 heterocycles. The molecule has 110 valence electrons. The summed E-state index contributed by atoms with van der Waals surface area (Å²) < 4.78 is 1.93. The first kappa shape index (κ1) is 14.6. The fourth-order valence-corrected chi connectivity index (χ4v) is 1.79. The summed E-state index contributed by atoms with van der Waals surface area (Å²) in [7, 11) is 0. The molecule has 2 rings (SSSR count). The minimum atomic E-state index is -1.03. The van der Waals surface area contributed by atoms with Crippen molar-refractivity contribution >= 4 is 17.7 Å². The molecule has 0 saturated heterocycles. The van der Waals surface area contributed by atoms with Crippen LogP contribution in [0, 0.1) is 0 Å².